The second-order valence-electron chi connectivity index (χ2n) is 4.86. The molecule has 0 radical (unpaired) electrons. The van der Waals surface area contributed by atoms with E-state index in [9.17, 15) is 0 Å². The van der Waals surface area contributed by atoms with Gasteiger partial charge in [-0.15, -0.1) is 12.8 Å². The molecule has 2 aliphatic carbocycles. The van der Waals surface area contributed by atoms with E-state index in [2.05, 4.69) is 85.0 Å². The molecule has 2 aliphatic rings. The van der Waals surface area contributed by atoms with E-state index in [4.69, 9.17) is 0 Å². The fourth-order valence-electron chi connectivity index (χ4n) is 1.89. The van der Waals surface area contributed by atoms with Crippen LogP contribution in [0.2, 0.25) is 0 Å². The maximum absolute atomic E-state index is 2.99. The summed E-state index contributed by atoms with van der Waals surface area (Å²) in [5.41, 5.74) is 0. The van der Waals surface area contributed by atoms with E-state index in [1.54, 1.807) is 0 Å². The van der Waals surface area contributed by atoms with Crippen molar-refractivity contribution >= 4 is 19.2 Å². The summed E-state index contributed by atoms with van der Waals surface area (Å²) in [4.78, 5) is 0. The second-order valence-corrected chi connectivity index (χ2v) is 6.27. The molecule has 0 fully saturated rings. The fourth-order valence-corrected chi connectivity index (χ4v) is 2.94. The third-order valence-corrected chi connectivity index (χ3v) is 4.25. The number of hydrogen-bond acceptors (Lipinski definition) is 0. The van der Waals surface area contributed by atoms with Crippen LogP contribution in [0.25, 0.3) is 0 Å². The van der Waals surface area contributed by atoms with Crippen molar-refractivity contribution in [3.05, 3.63) is 109 Å². The molecule has 2 aromatic rings. The molecule has 0 bridgehead atoms. The molecule has 0 amide bonds. The molecule has 0 aromatic heterocycles. The van der Waals surface area contributed by atoms with Gasteiger partial charge in [0, 0.05) is 0 Å². The average molecular weight is 443 g/mol. The van der Waals surface area contributed by atoms with Crippen LogP contribution in [0.15, 0.2) is 97.1 Å². The van der Waals surface area contributed by atoms with Gasteiger partial charge in [-0.05, 0) is 10.6 Å². The van der Waals surface area contributed by atoms with Crippen LogP contribution in [0.4, 0.5) is 0 Å². The molecule has 2 aromatic carbocycles. The van der Waals surface area contributed by atoms with Gasteiger partial charge < -0.3 is 24.8 Å². The van der Waals surface area contributed by atoms with E-state index in [0.717, 1.165) is 21.4 Å². The molecule has 4 rings (SSSR count). The maximum Gasteiger partial charge on any atom is 4.00 e. The van der Waals surface area contributed by atoms with Crippen molar-refractivity contribution in [2.24, 2.45) is 0 Å². The topological polar surface area (TPSA) is 0 Å². The predicted octanol–water partition coefficient (Wildman–Crippen LogP) is -1.07. The Morgan fingerprint density at radius 2 is 1.00 bits per heavy atom. The Bertz CT molecular complexity index is 586. The summed E-state index contributed by atoms with van der Waals surface area (Å²) < 4.78 is 0. The molecule has 0 aliphatic heterocycles. The van der Waals surface area contributed by atoms with E-state index >= 15 is 0 Å². The molecule has 0 nitrogen and oxygen atoms in total. The summed E-state index contributed by atoms with van der Waals surface area (Å²) >= 11 is 0. The van der Waals surface area contributed by atoms with Gasteiger partial charge in [-0.2, -0.15) is 12.2 Å². The Morgan fingerprint density at radius 1 is 0.615 bits per heavy atom. The molecule has 0 unspecified atom stereocenters. The fraction of sp³-hybridized carbons (Fsp3) is 0.0909. The van der Waals surface area contributed by atoms with E-state index in [-0.39, 0.29) is 41.9 Å². The maximum atomic E-state index is 2.99. The molecule has 136 valence electrons. The van der Waals surface area contributed by atoms with E-state index in [0.29, 0.717) is 0 Å². The van der Waals surface area contributed by atoms with Gasteiger partial charge in [-0.25, -0.2) is 24.3 Å². The Labute approximate surface area is 182 Å². The zero-order valence-corrected chi connectivity index (χ0v) is 17.9. The first-order valence-electron chi connectivity index (χ1n) is 7.76. The summed E-state index contributed by atoms with van der Waals surface area (Å²) in [6, 6.07) is 21.2. The van der Waals surface area contributed by atoms with Gasteiger partial charge in [0.05, 0.1) is 0 Å². The first-order chi connectivity index (χ1) is 11.4. The number of allylic oxidation sites excluding steroid dienone is 8. The van der Waals surface area contributed by atoms with Crippen LogP contribution < -0.4 is 35.4 Å². The standard InChI is InChI=1S/C12H11P.2C5H5.2ClH.Fe/c1-3-7-11(8-4-1)13-12-9-5-2-6-10-12;2*1-2-4-5-3-1;;;/h1-10,13H;2*1-3H,4H2;2*1H;/q;2*-1;;;+4/p-2. The van der Waals surface area contributed by atoms with E-state index < -0.39 is 0 Å². The van der Waals surface area contributed by atoms with Crippen LogP contribution in [0.3, 0.4) is 0 Å². The Hall–Kier alpha value is -1.07. The van der Waals surface area contributed by atoms with Crippen LogP contribution >= 0.6 is 8.58 Å². The van der Waals surface area contributed by atoms with Crippen molar-refractivity contribution < 1.29 is 41.9 Å². The van der Waals surface area contributed by atoms with Crippen molar-refractivity contribution in [1.82, 2.24) is 0 Å². The second kappa shape index (κ2) is 18.7. The van der Waals surface area contributed by atoms with Gasteiger partial charge in [0.15, 0.2) is 0 Å². The molecule has 0 N–H and O–H groups in total. The molecule has 0 heterocycles. The van der Waals surface area contributed by atoms with Crippen LogP contribution in [0, 0.1) is 12.2 Å². The summed E-state index contributed by atoms with van der Waals surface area (Å²) in [7, 11) is 0.777. The summed E-state index contributed by atoms with van der Waals surface area (Å²) in [6.07, 6.45) is 20.0. The van der Waals surface area contributed by atoms with Crippen molar-refractivity contribution in [3.8, 4) is 0 Å². The zero-order chi connectivity index (χ0) is 16.0. The van der Waals surface area contributed by atoms with Gasteiger partial charge in [0.25, 0.3) is 0 Å². The quantitative estimate of drug-likeness (QED) is 0.316. The molecule has 0 spiro atoms. The molecule has 4 heteroatoms. The summed E-state index contributed by atoms with van der Waals surface area (Å²) in [6.45, 7) is 0. The van der Waals surface area contributed by atoms with Crippen molar-refractivity contribution in [2.45, 2.75) is 12.8 Å². The van der Waals surface area contributed by atoms with Gasteiger partial charge in [0.1, 0.15) is 0 Å². The molecular weight excluding hydrogens is 422 g/mol. The minimum absolute atomic E-state index is 0. The predicted molar refractivity (Wildman–Crippen MR) is 104 cm³/mol. The minimum Gasteiger partial charge on any atom is -1.00 e. The Balaban J connectivity index is 0. The monoisotopic (exact) mass is 442 g/mol. The Kier molecular flexibility index (Phi) is 19.5. The third-order valence-electron chi connectivity index (χ3n) is 3.01. The van der Waals surface area contributed by atoms with E-state index in [1.807, 2.05) is 24.3 Å². The van der Waals surface area contributed by atoms with Crippen LogP contribution in [0.1, 0.15) is 12.8 Å². The van der Waals surface area contributed by atoms with Crippen molar-refractivity contribution in [2.75, 3.05) is 0 Å². The van der Waals surface area contributed by atoms with Gasteiger partial charge in [-0.1, -0.05) is 69.2 Å². The van der Waals surface area contributed by atoms with Crippen LogP contribution in [-0.4, -0.2) is 0 Å². The van der Waals surface area contributed by atoms with Gasteiger partial charge in [-0.3, -0.25) is 12.2 Å². The first-order valence-corrected chi connectivity index (χ1v) is 8.76. The smallest absolute Gasteiger partial charge is 1.00 e. The molecular formula is C22H21Cl2FeP. The Morgan fingerprint density at radius 3 is 1.23 bits per heavy atom. The molecule has 26 heavy (non-hydrogen) atoms. The van der Waals surface area contributed by atoms with Crippen molar-refractivity contribution in [1.29, 1.82) is 0 Å². The number of halogens is 2. The SMILES string of the molecule is [C-]1=CC=CC1.[C-]1=CC=CC1.[Cl-].[Cl-].[Fe+4].c1ccc(Pc2ccccc2)cc1. The van der Waals surface area contributed by atoms with Crippen LogP contribution in [0.5, 0.6) is 0 Å². The molecule has 0 saturated heterocycles. The van der Waals surface area contributed by atoms with Gasteiger partial charge >= 0.3 is 17.1 Å². The first kappa shape index (κ1) is 27.2. The van der Waals surface area contributed by atoms with E-state index in [1.165, 1.54) is 10.6 Å². The zero-order valence-electron chi connectivity index (χ0n) is 14.3. The van der Waals surface area contributed by atoms with Crippen molar-refractivity contribution in [3.63, 3.8) is 0 Å². The normalized spacial score (nSPS) is 11.7. The third kappa shape index (κ3) is 13.2. The summed E-state index contributed by atoms with van der Waals surface area (Å²) in [5, 5.41) is 2.79. The summed E-state index contributed by atoms with van der Waals surface area (Å²) in [5.74, 6) is 0. The average Bonchev–Trinajstić information content (AvgIpc) is 3.35. The van der Waals surface area contributed by atoms with Crippen LogP contribution in [-0.2, 0) is 17.1 Å². The minimum atomic E-state index is 0. The number of rotatable bonds is 2. The molecule has 0 saturated carbocycles. The van der Waals surface area contributed by atoms with Gasteiger partial charge in [0.2, 0.25) is 0 Å². The molecule has 0 atom stereocenters. The number of hydrogen-bond donors (Lipinski definition) is 0. The largest absolute Gasteiger partial charge is 4.00 e. The number of benzene rings is 2.